The molecule has 1 heterocycles. The van der Waals surface area contributed by atoms with E-state index in [1.807, 2.05) is 13.1 Å². The first-order valence-corrected chi connectivity index (χ1v) is 7.55. The van der Waals surface area contributed by atoms with Crippen LogP contribution in [0.4, 0.5) is 17.3 Å². The van der Waals surface area contributed by atoms with Gasteiger partial charge in [0.25, 0.3) is 0 Å². The van der Waals surface area contributed by atoms with Gasteiger partial charge in [0, 0.05) is 25.2 Å². The Bertz CT molecular complexity index is 576. The van der Waals surface area contributed by atoms with E-state index in [1.54, 1.807) is 0 Å². The number of nitrogens with zero attached hydrogens (tertiary/aromatic N) is 2. The first-order valence-electron chi connectivity index (χ1n) is 7.55. The number of hydrogen-bond acceptors (Lipinski definition) is 4. The Morgan fingerprint density at radius 3 is 2.29 bits per heavy atom. The number of hydrogen-bond donors (Lipinski definition) is 2. The van der Waals surface area contributed by atoms with Crippen LogP contribution < -0.4 is 10.6 Å². The molecule has 4 nitrogen and oxygen atoms in total. The van der Waals surface area contributed by atoms with Gasteiger partial charge in [-0.3, -0.25) is 0 Å². The van der Waals surface area contributed by atoms with Crippen LogP contribution in [-0.4, -0.2) is 17.0 Å². The molecule has 0 amide bonds. The van der Waals surface area contributed by atoms with Crippen LogP contribution in [0, 0.1) is 0 Å². The summed E-state index contributed by atoms with van der Waals surface area (Å²) in [5, 5.41) is 6.44. The molecule has 21 heavy (non-hydrogen) atoms. The van der Waals surface area contributed by atoms with Crippen LogP contribution in [0.5, 0.6) is 0 Å². The molecule has 0 aliphatic rings. The van der Waals surface area contributed by atoms with Gasteiger partial charge in [-0.15, -0.1) is 0 Å². The van der Waals surface area contributed by atoms with Gasteiger partial charge >= 0.3 is 0 Å². The first kappa shape index (κ1) is 15.3. The summed E-state index contributed by atoms with van der Waals surface area (Å²) in [6, 6.07) is 10.4. The summed E-state index contributed by atoms with van der Waals surface area (Å²) >= 11 is 0. The maximum atomic E-state index is 4.56. The number of nitrogens with one attached hydrogen (secondary N) is 2. The smallest absolute Gasteiger partial charge is 0.136 e. The highest BCUT2D eigenvalue weighted by atomic mass is 15.1. The number of aromatic nitrogens is 2. The Hall–Kier alpha value is -2.10. The molecule has 0 saturated heterocycles. The lowest BCUT2D eigenvalue weighted by atomic mass is 10.0. The molecular weight excluding hydrogens is 260 g/mol. The zero-order chi connectivity index (χ0) is 15.2. The van der Waals surface area contributed by atoms with Crippen molar-refractivity contribution in [3.63, 3.8) is 0 Å². The Labute approximate surface area is 127 Å². The predicted molar refractivity (Wildman–Crippen MR) is 89.4 cm³/mol. The Balaban J connectivity index is 2.19. The van der Waals surface area contributed by atoms with Crippen molar-refractivity contribution in [2.24, 2.45) is 0 Å². The molecule has 0 aliphatic heterocycles. The lowest BCUT2D eigenvalue weighted by molar-refractivity contribution is 0.838. The molecule has 0 saturated carbocycles. The minimum Gasteiger partial charge on any atom is -0.373 e. The molecule has 0 bridgehead atoms. The van der Waals surface area contributed by atoms with Crippen LogP contribution in [0.2, 0.25) is 0 Å². The van der Waals surface area contributed by atoms with E-state index in [9.17, 15) is 0 Å². The highest BCUT2D eigenvalue weighted by molar-refractivity contribution is 5.59. The van der Waals surface area contributed by atoms with E-state index < -0.39 is 0 Å². The Morgan fingerprint density at radius 2 is 1.71 bits per heavy atom. The molecule has 0 spiro atoms. The fourth-order valence-electron chi connectivity index (χ4n) is 2.12. The third-order valence-corrected chi connectivity index (χ3v) is 3.35. The second kappa shape index (κ2) is 7.07. The number of benzene rings is 1. The molecule has 0 unspecified atom stereocenters. The van der Waals surface area contributed by atoms with Gasteiger partial charge in [-0.05, 0) is 30.0 Å². The molecule has 0 atom stereocenters. The Kier molecular flexibility index (Phi) is 5.14. The Morgan fingerprint density at radius 1 is 1.05 bits per heavy atom. The van der Waals surface area contributed by atoms with Crippen LogP contribution in [0.3, 0.4) is 0 Å². The first-order chi connectivity index (χ1) is 10.1. The second-order valence-corrected chi connectivity index (χ2v) is 5.46. The van der Waals surface area contributed by atoms with E-state index in [0.29, 0.717) is 5.92 Å². The summed E-state index contributed by atoms with van der Waals surface area (Å²) in [4.78, 5) is 9.02. The van der Waals surface area contributed by atoms with Crippen molar-refractivity contribution in [1.29, 1.82) is 0 Å². The molecule has 0 radical (unpaired) electrons. The fraction of sp³-hybridized carbons (Fsp3) is 0.412. The number of anilines is 3. The fourth-order valence-corrected chi connectivity index (χ4v) is 2.12. The SMILES string of the molecule is CCCc1nc(NC)cc(Nc2ccc(C(C)C)cc2)n1. The van der Waals surface area contributed by atoms with Crippen molar-refractivity contribution in [2.75, 3.05) is 17.7 Å². The van der Waals surface area contributed by atoms with Gasteiger partial charge in [0.1, 0.15) is 17.5 Å². The predicted octanol–water partition coefficient (Wildman–Crippen LogP) is 4.34. The molecule has 1 aromatic carbocycles. The van der Waals surface area contributed by atoms with E-state index in [4.69, 9.17) is 0 Å². The lowest BCUT2D eigenvalue weighted by Crippen LogP contribution is -2.03. The van der Waals surface area contributed by atoms with Crippen LogP contribution >= 0.6 is 0 Å². The molecular formula is C17H24N4. The van der Waals surface area contributed by atoms with Gasteiger partial charge in [0.15, 0.2) is 0 Å². The van der Waals surface area contributed by atoms with Crippen molar-refractivity contribution in [3.05, 3.63) is 41.7 Å². The minimum absolute atomic E-state index is 0.546. The van der Waals surface area contributed by atoms with Gasteiger partial charge in [-0.25, -0.2) is 9.97 Å². The molecule has 112 valence electrons. The van der Waals surface area contributed by atoms with Crippen molar-refractivity contribution in [2.45, 2.75) is 39.5 Å². The van der Waals surface area contributed by atoms with Gasteiger partial charge in [-0.2, -0.15) is 0 Å². The van der Waals surface area contributed by atoms with Gasteiger partial charge in [-0.1, -0.05) is 32.9 Å². The van der Waals surface area contributed by atoms with E-state index in [1.165, 1.54) is 5.56 Å². The van der Waals surface area contributed by atoms with Crippen molar-refractivity contribution >= 4 is 17.3 Å². The normalized spacial score (nSPS) is 10.7. The third-order valence-electron chi connectivity index (χ3n) is 3.35. The topological polar surface area (TPSA) is 49.8 Å². The average Bonchev–Trinajstić information content (AvgIpc) is 2.48. The molecule has 2 rings (SSSR count). The van der Waals surface area contributed by atoms with Gasteiger partial charge in [0.05, 0.1) is 0 Å². The van der Waals surface area contributed by atoms with Crippen molar-refractivity contribution in [3.8, 4) is 0 Å². The maximum Gasteiger partial charge on any atom is 0.136 e. The highest BCUT2D eigenvalue weighted by Gasteiger charge is 2.04. The second-order valence-electron chi connectivity index (χ2n) is 5.46. The molecule has 2 aromatic rings. The lowest BCUT2D eigenvalue weighted by Gasteiger charge is -2.11. The summed E-state index contributed by atoms with van der Waals surface area (Å²) in [5.74, 6) is 3.08. The van der Waals surface area contributed by atoms with Crippen LogP contribution in [0.15, 0.2) is 30.3 Å². The van der Waals surface area contributed by atoms with E-state index >= 15 is 0 Å². The zero-order valence-corrected chi connectivity index (χ0v) is 13.3. The molecule has 0 fully saturated rings. The van der Waals surface area contributed by atoms with Gasteiger partial charge in [0.2, 0.25) is 0 Å². The average molecular weight is 284 g/mol. The number of rotatable bonds is 6. The van der Waals surface area contributed by atoms with E-state index in [2.05, 4.69) is 65.6 Å². The van der Waals surface area contributed by atoms with Crippen LogP contribution in [0.1, 0.15) is 44.5 Å². The molecule has 2 N–H and O–H groups in total. The van der Waals surface area contributed by atoms with E-state index in [-0.39, 0.29) is 0 Å². The maximum absolute atomic E-state index is 4.56. The minimum atomic E-state index is 0.546. The van der Waals surface area contributed by atoms with Crippen LogP contribution in [-0.2, 0) is 6.42 Å². The third kappa shape index (κ3) is 4.18. The van der Waals surface area contributed by atoms with Crippen LogP contribution in [0.25, 0.3) is 0 Å². The summed E-state index contributed by atoms with van der Waals surface area (Å²) in [6.07, 6.45) is 1.92. The standard InChI is InChI=1S/C17H24N4/c1-5-6-15-20-16(18-4)11-17(21-15)19-14-9-7-13(8-10-14)12(2)3/h7-12H,5-6H2,1-4H3,(H2,18,19,20,21). The molecule has 0 aliphatic carbocycles. The van der Waals surface area contributed by atoms with Gasteiger partial charge < -0.3 is 10.6 Å². The quantitative estimate of drug-likeness (QED) is 0.828. The molecule has 4 heteroatoms. The zero-order valence-electron chi connectivity index (χ0n) is 13.3. The summed E-state index contributed by atoms with van der Waals surface area (Å²) in [7, 11) is 1.87. The van der Waals surface area contributed by atoms with Crippen molar-refractivity contribution in [1.82, 2.24) is 9.97 Å². The summed E-state index contributed by atoms with van der Waals surface area (Å²) < 4.78 is 0. The summed E-state index contributed by atoms with van der Waals surface area (Å²) in [6.45, 7) is 6.53. The highest BCUT2D eigenvalue weighted by Crippen LogP contribution is 2.21. The largest absolute Gasteiger partial charge is 0.373 e. The van der Waals surface area contributed by atoms with E-state index in [0.717, 1.165) is 36.0 Å². The van der Waals surface area contributed by atoms with Crippen molar-refractivity contribution < 1.29 is 0 Å². The monoisotopic (exact) mass is 284 g/mol. The summed E-state index contributed by atoms with van der Waals surface area (Å²) in [5.41, 5.74) is 2.38. The molecule has 1 aromatic heterocycles. The number of aryl methyl sites for hydroxylation is 1.